The maximum Gasteiger partial charge on any atom is 0.222 e. The SMILES string of the molecule is COc1ccc(CN2CCCC(CCC(=O)N3CCN(Cc4ccccc4)CC3)C2)cc1. The number of hydrogen-bond acceptors (Lipinski definition) is 4. The number of nitrogens with zero attached hydrogens (tertiary/aromatic N) is 3. The zero-order valence-corrected chi connectivity index (χ0v) is 19.4. The molecule has 1 amide bonds. The van der Waals surface area contributed by atoms with E-state index in [1.54, 1.807) is 7.11 Å². The molecule has 2 saturated heterocycles. The molecule has 0 bridgehead atoms. The van der Waals surface area contributed by atoms with Crippen LogP contribution in [0.4, 0.5) is 0 Å². The summed E-state index contributed by atoms with van der Waals surface area (Å²) in [7, 11) is 1.70. The first kappa shape index (κ1) is 22.8. The molecule has 5 heteroatoms. The third-order valence-corrected chi connectivity index (χ3v) is 6.91. The van der Waals surface area contributed by atoms with Crippen molar-refractivity contribution in [2.45, 2.75) is 38.8 Å². The van der Waals surface area contributed by atoms with Crippen LogP contribution in [0.15, 0.2) is 54.6 Å². The molecule has 0 spiro atoms. The van der Waals surface area contributed by atoms with E-state index < -0.39 is 0 Å². The molecule has 2 fully saturated rings. The predicted molar refractivity (Wildman–Crippen MR) is 129 cm³/mol. The Bertz CT molecular complexity index is 832. The molecule has 1 atom stereocenters. The highest BCUT2D eigenvalue weighted by Crippen LogP contribution is 2.24. The van der Waals surface area contributed by atoms with Crippen molar-refractivity contribution in [3.8, 4) is 5.75 Å². The fourth-order valence-electron chi connectivity index (χ4n) is 5.00. The minimum absolute atomic E-state index is 0.344. The molecule has 2 aliphatic rings. The molecule has 2 aliphatic heterocycles. The molecular formula is C27H37N3O2. The van der Waals surface area contributed by atoms with Crippen LogP contribution in [-0.2, 0) is 17.9 Å². The summed E-state index contributed by atoms with van der Waals surface area (Å²) in [4.78, 5) is 19.9. The molecule has 4 rings (SSSR count). The van der Waals surface area contributed by atoms with E-state index in [1.165, 1.54) is 24.0 Å². The monoisotopic (exact) mass is 435 g/mol. The van der Waals surface area contributed by atoms with Crippen LogP contribution < -0.4 is 4.74 Å². The van der Waals surface area contributed by atoms with Gasteiger partial charge in [0, 0.05) is 52.2 Å². The second-order valence-corrected chi connectivity index (χ2v) is 9.27. The van der Waals surface area contributed by atoms with Crippen LogP contribution in [0.3, 0.4) is 0 Å². The number of rotatable bonds is 8. The average molecular weight is 436 g/mol. The van der Waals surface area contributed by atoms with Crippen LogP contribution >= 0.6 is 0 Å². The van der Waals surface area contributed by atoms with E-state index in [4.69, 9.17) is 4.74 Å². The minimum Gasteiger partial charge on any atom is -0.497 e. The highest BCUT2D eigenvalue weighted by molar-refractivity contribution is 5.76. The summed E-state index contributed by atoms with van der Waals surface area (Å²) >= 11 is 0. The van der Waals surface area contributed by atoms with Crippen molar-refractivity contribution >= 4 is 5.91 Å². The summed E-state index contributed by atoms with van der Waals surface area (Å²) in [5, 5.41) is 0. The van der Waals surface area contributed by atoms with E-state index in [9.17, 15) is 4.79 Å². The van der Waals surface area contributed by atoms with Crippen LogP contribution in [0, 0.1) is 5.92 Å². The molecule has 172 valence electrons. The van der Waals surface area contributed by atoms with Crippen molar-refractivity contribution in [1.29, 1.82) is 0 Å². The summed E-state index contributed by atoms with van der Waals surface area (Å²) < 4.78 is 5.26. The zero-order chi connectivity index (χ0) is 22.2. The van der Waals surface area contributed by atoms with Crippen LogP contribution in [0.1, 0.15) is 36.8 Å². The largest absolute Gasteiger partial charge is 0.497 e. The summed E-state index contributed by atoms with van der Waals surface area (Å²) in [5.74, 6) is 1.88. The number of likely N-dealkylation sites (tertiary alicyclic amines) is 1. The molecule has 2 heterocycles. The summed E-state index contributed by atoms with van der Waals surface area (Å²) in [6.07, 6.45) is 4.19. The van der Waals surface area contributed by atoms with Gasteiger partial charge in [0.05, 0.1) is 7.11 Å². The molecule has 0 aliphatic carbocycles. The lowest BCUT2D eigenvalue weighted by Crippen LogP contribution is -2.48. The van der Waals surface area contributed by atoms with Crippen LogP contribution in [0.5, 0.6) is 5.75 Å². The van der Waals surface area contributed by atoms with Gasteiger partial charge in [0.15, 0.2) is 0 Å². The fourth-order valence-corrected chi connectivity index (χ4v) is 5.00. The fraction of sp³-hybridized carbons (Fsp3) is 0.519. The first-order chi connectivity index (χ1) is 15.7. The highest BCUT2D eigenvalue weighted by atomic mass is 16.5. The maximum absolute atomic E-state index is 12.8. The second-order valence-electron chi connectivity index (χ2n) is 9.27. The lowest BCUT2D eigenvalue weighted by molar-refractivity contribution is -0.133. The van der Waals surface area contributed by atoms with Crippen LogP contribution in [-0.4, -0.2) is 67.0 Å². The van der Waals surface area contributed by atoms with Gasteiger partial charge < -0.3 is 9.64 Å². The predicted octanol–water partition coefficient (Wildman–Crippen LogP) is 4.03. The van der Waals surface area contributed by atoms with Crippen molar-refractivity contribution in [1.82, 2.24) is 14.7 Å². The molecule has 1 unspecified atom stereocenters. The Morgan fingerprint density at radius 3 is 2.28 bits per heavy atom. The Balaban J connectivity index is 1.17. The van der Waals surface area contributed by atoms with Gasteiger partial charge >= 0.3 is 0 Å². The number of benzene rings is 2. The molecule has 0 aromatic heterocycles. The van der Waals surface area contributed by atoms with Crippen LogP contribution in [0.25, 0.3) is 0 Å². The number of methoxy groups -OCH3 is 1. The van der Waals surface area contributed by atoms with E-state index in [1.807, 2.05) is 12.1 Å². The molecule has 5 nitrogen and oxygen atoms in total. The smallest absolute Gasteiger partial charge is 0.222 e. The summed E-state index contributed by atoms with van der Waals surface area (Å²) in [6, 6.07) is 19.0. The van der Waals surface area contributed by atoms with E-state index >= 15 is 0 Å². The summed E-state index contributed by atoms with van der Waals surface area (Å²) in [6.45, 7) is 7.88. The molecule has 32 heavy (non-hydrogen) atoms. The number of carbonyl (C=O) groups is 1. The van der Waals surface area contributed by atoms with Gasteiger partial charge in [-0.05, 0) is 55.0 Å². The number of amides is 1. The Labute approximate surface area is 193 Å². The van der Waals surface area contributed by atoms with Crippen molar-refractivity contribution in [2.75, 3.05) is 46.4 Å². The molecule has 0 N–H and O–H groups in total. The van der Waals surface area contributed by atoms with Gasteiger partial charge in [-0.25, -0.2) is 0 Å². The van der Waals surface area contributed by atoms with E-state index in [0.29, 0.717) is 18.2 Å². The quantitative estimate of drug-likeness (QED) is 0.627. The molecule has 0 radical (unpaired) electrons. The first-order valence-electron chi connectivity index (χ1n) is 12.1. The van der Waals surface area contributed by atoms with Gasteiger partial charge in [0.25, 0.3) is 0 Å². The average Bonchev–Trinajstić information content (AvgIpc) is 2.84. The van der Waals surface area contributed by atoms with E-state index in [0.717, 1.165) is 64.5 Å². The molecule has 2 aromatic rings. The minimum atomic E-state index is 0.344. The molecule has 2 aromatic carbocycles. The maximum atomic E-state index is 12.8. The van der Waals surface area contributed by atoms with Crippen molar-refractivity contribution in [3.05, 3.63) is 65.7 Å². The van der Waals surface area contributed by atoms with Crippen LogP contribution in [0.2, 0.25) is 0 Å². The zero-order valence-electron chi connectivity index (χ0n) is 19.4. The van der Waals surface area contributed by atoms with Gasteiger partial charge in [0.2, 0.25) is 5.91 Å². The Kier molecular flexibility index (Phi) is 8.18. The van der Waals surface area contributed by atoms with Crippen molar-refractivity contribution in [3.63, 3.8) is 0 Å². The van der Waals surface area contributed by atoms with Gasteiger partial charge in [-0.15, -0.1) is 0 Å². The number of hydrogen-bond donors (Lipinski definition) is 0. The number of ether oxygens (including phenoxy) is 1. The first-order valence-corrected chi connectivity index (χ1v) is 12.1. The third kappa shape index (κ3) is 6.57. The van der Waals surface area contributed by atoms with Gasteiger partial charge in [-0.2, -0.15) is 0 Å². The Hall–Kier alpha value is -2.37. The Morgan fingerprint density at radius 2 is 1.56 bits per heavy atom. The molecular weight excluding hydrogens is 398 g/mol. The lowest BCUT2D eigenvalue weighted by atomic mass is 9.92. The molecule has 0 saturated carbocycles. The van der Waals surface area contributed by atoms with Gasteiger partial charge in [-0.3, -0.25) is 14.6 Å². The Morgan fingerprint density at radius 1 is 0.875 bits per heavy atom. The topological polar surface area (TPSA) is 36.0 Å². The standard InChI is InChI=1S/C27H37N3O2/c1-32-26-12-9-25(10-13-26)22-29-15-5-8-24(21-29)11-14-27(31)30-18-16-28(17-19-30)20-23-6-3-2-4-7-23/h2-4,6-7,9-10,12-13,24H,5,8,11,14-22H2,1H3. The normalized spacial score (nSPS) is 20.3. The number of piperidine rings is 1. The van der Waals surface area contributed by atoms with Gasteiger partial charge in [-0.1, -0.05) is 42.5 Å². The van der Waals surface area contributed by atoms with E-state index in [2.05, 4.69) is 57.2 Å². The highest BCUT2D eigenvalue weighted by Gasteiger charge is 2.24. The summed E-state index contributed by atoms with van der Waals surface area (Å²) in [5.41, 5.74) is 2.68. The third-order valence-electron chi connectivity index (χ3n) is 6.91. The van der Waals surface area contributed by atoms with Gasteiger partial charge in [0.1, 0.15) is 5.75 Å². The van der Waals surface area contributed by atoms with Crippen molar-refractivity contribution in [2.24, 2.45) is 5.92 Å². The van der Waals surface area contributed by atoms with E-state index in [-0.39, 0.29) is 0 Å². The number of piperazine rings is 1. The lowest BCUT2D eigenvalue weighted by Gasteiger charge is -2.36. The van der Waals surface area contributed by atoms with Crippen molar-refractivity contribution < 1.29 is 9.53 Å². The number of carbonyl (C=O) groups excluding carboxylic acids is 1. The second kappa shape index (κ2) is 11.5.